The van der Waals surface area contributed by atoms with Crippen molar-refractivity contribution in [2.45, 2.75) is 36.7 Å². The summed E-state index contributed by atoms with van der Waals surface area (Å²) in [5.41, 5.74) is 2.93. The Morgan fingerprint density at radius 1 is 1.00 bits per heavy atom. The quantitative estimate of drug-likeness (QED) is 0.291. The van der Waals surface area contributed by atoms with E-state index >= 15 is 0 Å². The highest BCUT2D eigenvalue weighted by molar-refractivity contribution is 5.86. The molecule has 1 fully saturated rings. The molecule has 1 N–H and O–H groups in total. The van der Waals surface area contributed by atoms with Crippen LogP contribution in [0.15, 0.2) is 85.1 Å². The molecular weight excluding hydrogens is 482 g/mol. The molecule has 1 saturated heterocycles. The number of piperidine rings is 1. The topological polar surface area (TPSA) is 48.8 Å². The fourth-order valence-corrected chi connectivity index (χ4v) is 6.22. The standard InChI is InChI=1S/C34H41N3O2/c1-36(2)22-19-34(38,31-16-10-14-26-11-8-9-15-29(26)31)32(27-12-6-5-7-13-27)30-23-28(24-35-33(30)39-4)25-17-20-37(3)21-18-25/h5-16,23-25,32,38H,17-22H2,1-4H3. The van der Waals surface area contributed by atoms with E-state index in [1.807, 2.05) is 12.3 Å². The van der Waals surface area contributed by atoms with E-state index in [0.29, 0.717) is 18.2 Å². The highest BCUT2D eigenvalue weighted by Gasteiger charge is 2.43. The monoisotopic (exact) mass is 523 g/mol. The molecule has 0 radical (unpaired) electrons. The predicted octanol–water partition coefficient (Wildman–Crippen LogP) is 6.02. The number of ether oxygens (including phenoxy) is 1. The number of rotatable bonds is 9. The third-order valence-electron chi connectivity index (χ3n) is 8.40. The van der Waals surface area contributed by atoms with E-state index in [1.165, 1.54) is 5.56 Å². The second-order valence-electron chi connectivity index (χ2n) is 11.3. The molecule has 5 rings (SSSR count). The number of pyridine rings is 1. The van der Waals surface area contributed by atoms with E-state index < -0.39 is 5.60 Å². The lowest BCUT2D eigenvalue weighted by Gasteiger charge is -2.40. The summed E-state index contributed by atoms with van der Waals surface area (Å²) >= 11 is 0. The summed E-state index contributed by atoms with van der Waals surface area (Å²) in [6, 6.07) is 27.3. The van der Waals surface area contributed by atoms with Crippen molar-refractivity contribution in [2.75, 3.05) is 47.9 Å². The van der Waals surface area contributed by atoms with E-state index in [9.17, 15) is 5.11 Å². The van der Waals surface area contributed by atoms with E-state index in [0.717, 1.165) is 59.9 Å². The van der Waals surface area contributed by atoms with Crippen molar-refractivity contribution in [3.63, 3.8) is 0 Å². The van der Waals surface area contributed by atoms with Gasteiger partial charge in [0.15, 0.2) is 0 Å². The number of likely N-dealkylation sites (tertiary alicyclic amines) is 1. The van der Waals surface area contributed by atoms with Gasteiger partial charge in [0.05, 0.1) is 7.11 Å². The smallest absolute Gasteiger partial charge is 0.216 e. The fraction of sp³-hybridized carbons (Fsp3) is 0.382. The first-order chi connectivity index (χ1) is 18.9. The summed E-state index contributed by atoms with van der Waals surface area (Å²) in [6.07, 6.45) is 4.74. The van der Waals surface area contributed by atoms with Crippen molar-refractivity contribution in [2.24, 2.45) is 0 Å². The summed E-state index contributed by atoms with van der Waals surface area (Å²) < 4.78 is 5.91. The van der Waals surface area contributed by atoms with Crippen LogP contribution in [0.4, 0.5) is 0 Å². The zero-order valence-corrected chi connectivity index (χ0v) is 23.7. The Balaban J connectivity index is 1.74. The van der Waals surface area contributed by atoms with E-state index in [4.69, 9.17) is 9.72 Å². The van der Waals surface area contributed by atoms with Crippen LogP contribution in [-0.4, -0.2) is 67.8 Å². The summed E-state index contributed by atoms with van der Waals surface area (Å²) in [7, 11) is 7.99. The maximum absolute atomic E-state index is 13.1. The number of hydrogen-bond acceptors (Lipinski definition) is 5. The van der Waals surface area contributed by atoms with Gasteiger partial charge in [0.2, 0.25) is 5.88 Å². The Labute approximate surface area is 233 Å². The van der Waals surface area contributed by atoms with Crippen LogP contribution in [0.2, 0.25) is 0 Å². The number of benzene rings is 3. The average molecular weight is 524 g/mol. The van der Waals surface area contributed by atoms with Crippen molar-refractivity contribution in [1.29, 1.82) is 0 Å². The van der Waals surface area contributed by atoms with Crippen LogP contribution in [-0.2, 0) is 5.60 Å². The van der Waals surface area contributed by atoms with Crippen LogP contribution in [0.5, 0.6) is 5.88 Å². The predicted molar refractivity (Wildman–Crippen MR) is 160 cm³/mol. The van der Waals surface area contributed by atoms with Gasteiger partial charge in [0, 0.05) is 24.2 Å². The molecule has 0 spiro atoms. The second kappa shape index (κ2) is 11.9. The van der Waals surface area contributed by atoms with Gasteiger partial charge in [-0.1, -0.05) is 72.8 Å². The highest BCUT2D eigenvalue weighted by Crippen LogP contribution is 2.49. The normalized spacial score (nSPS) is 17.3. The number of hydrogen-bond donors (Lipinski definition) is 1. The first-order valence-corrected chi connectivity index (χ1v) is 14.0. The third-order valence-corrected chi connectivity index (χ3v) is 8.40. The van der Waals surface area contributed by atoms with Crippen molar-refractivity contribution < 1.29 is 9.84 Å². The van der Waals surface area contributed by atoms with E-state index in [-0.39, 0.29) is 5.92 Å². The van der Waals surface area contributed by atoms with Crippen LogP contribution >= 0.6 is 0 Å². The van der Waals surface area contributed by atoms with E-state index in [2.05, 4.69) is 104 Å². The molecule has 0 aliphatic carbocycles. The number of aromatic nitrogens is 1. The second-order valence-corrected chi connectivity index (χ2v) is 11.3. The molecule has 3 aromatic carbocycles. The molecule has 1 aliphatic rings. The van der Waals surface area contributed by atoms with Gasteiger partial charge >= 0.3 is 0 Å². The molecule has 204 valence electrons. The van der Waals surface area contributed by atoms with Crippen LogP contribution < -0.4 is 4.74 Å². The Morgan fingerprint density at radius 2 is 1.69 bits per heavy atom. The van der Waals surface area contributed by atoms with Crippen molar-refractivity contribution in [1.82, 2.24) is 14.8 Å². The molecule has 0 saturated carbocycles. The number of fused-ring (bicyclic) bond motifs is 1. The summed E-state index contributed by atoms with van der Waals surface area (Å²) in [5.74, 6) is 0.643. The molecule has 5 nitrogen and oxygen atoms in total. The van der Waals surface area contributed by atoms with E-state index in [1.54, 1.807) is 7.11 Å². The molecule has 2 unspecified atom stereocenters. The van der Waals surface area contributed by atoms with Crippen molar-refractivity contribution in [3.05, 3.63) is 107 Å². The van der Waals surface area contributed by atoms with Gasteiger partial charge in [-0.25, -0.2) is 4.98 Å². The molecule has 0 amide bonds. The Kier molecular flexibility index (Phi) is 8.31. The van der Waals surface area contributed by atoms with Gasteiger partial charge in [0.25, 0.3) is 0 Å². The lowest BCUT2D eigenvalue weighted by molar-refractivity contribution is 0.00512. The lowest BCUT2D eigenvalue weighted by atomic mass is 9.70. The van der Waals surface area contributed by atoms with Gasteiger partial charge < -0.3 is 19.6 Å². The minimum atomic E-state index is -1.22. The zero-order chi connectivity index (χ0) is 27.4. The van der Waals surface area contributed by atoms with Crippen molar-refractivity contribution >= 4 is 10.8 Å². The van der Waals surface area contributed by atoms with Crippen LogP contribution in [0.3, 0.4) is 0 Å². The molecule has 2 heterocycles. The molecule has 1 aromatic heterocycles. The highest BCUT2D eigenvalue weighted by atomic mass is 16.5. The molecule has 39 heavy (non-hydrogen) atoms. The summed E-state index contributed by atoms with van der Waals surface area (Å²) in [5, 5.41) is 15.3. The van der Waals surface area contributed by atoms with Gasteiger partial charge in [-0.3, -0.25) is 0 Å². The third kappa shape index (κ3) is 5.72. The first-order valence-electron chi connectivity index (χ1n) is 14.0. The Bertz CT molecular complexity index is 1380. The number of nitrogens with zero attached hydrogens (tertiary/aromatic N) is 3. The number of methoxy groups -OCH3 is 1. The van der Waals surface area contributed by atoms with Crippen molar-refractivity contribution in [3.8, 4) is 5.88 Å². The minimum Gasteiger partial charge on any atom is -0.481 e. The Morgan fingerprint density at radius 3 is 2.41 bits per heavy atom. The summed E-state index contributed by atoms with van der Waals surface area (Å²) in [6.45, 7) is 2.89. The fourth-order valence-electron chi connectivity index (χ4n) is 6.22. The van der Waals surface area contributed by atoms with Gasteiger partial charge in [0.1, 0.15) is 5.60 Å². The van der Waals surface area contributed by atoms with Gasteiger partial charge in [-0.05, 0) is 92.9 Å². The lowest BCUT2D eigenvalue weighted by Crippen LogP contribution is -2.38. The average Bonchev–Trinajstić information content (AvgIpc) is 2.97. The first kappa shape index (κ1) is 27.3. The van der Waals surface area contributed by atoms with Crippen LogP contribution in [0.1, 0.15) is 53.4 Å². The molecule has 2 atom stereocenters. The Hall–Kier alpha value is -3.25. The summed E-state index contributed by atoms with van der Waals surface area (Å²) in [4.78, 5) is 9.38. The number of aliphatic hydroxyl groups is 1. The zero-order valence-electron chi connectivity index (χ0n) is 23.7. The van der Waals surface area contributed by atoms with Crippen LogP contribution in [0.25, 0.3) is 10.8 Å². The van der Waals surface area contributed by atoms with Crippen LogP contribution in [0, 0.1) is 0 Å². The molecule has 0 bridgehead atoms. The maximum Gasteiger partial charge on any atom is 0.216 e. The molecule has 1 aliphatic heterocycles. The minimum absolute atomic E-state index is 0.377. The van der Waals surface area contributed by atoms with Gasteiger partial charge in [-0.2, -0.15) is 0 Å². The maximum atomic E-state index is 13.1. The molecule has 4 aromatic rings. The SMILES string of the molecule is COc1ncc(C2CCN(C)CC2)cc1C(c1ccccc1)C(O)(CCN(C)C)c1cccc2ccccc12. The molecule has 5 heteroatoms. The van der Waals surface area contributed by atoms with Gasteiger partial charge in [-0.15, -0.1) is 0 Å². The largest absolute Gasteiger partial charge is 0.481 e. The molecular formula is C34H41N3O2.